The zero-order valence-electron chi connectivity index (χ0n) is 10.0. The molecule has 88 valence electrons. The Labute approximate surface area is 108 Å². The Morgan fingerprint density at radius 3 is 2.67 bits per heavy atom. The molecular formula is C13H23IO. The van der Waals surface area contributed by atoms with Crippen molar-refractivity contribution in [2.24, 2.45) is 0 Å². The Morgan fingerprint density at radius 2 is 2.00 bits per heavy atom. The van der Waals surface area contributed by atoms with E-state index in [0.29, 0.717) is 6.10 Å². The minimum Gasteiger partial charge on any atom is -0.369 e. The number of ether oxygens (including phenoxy) is 1. The van der Waals surface area contributed by atoms with Crippen LogP contribution in [-0.2, 0) is 4.74 Å². The Morgan fingerprint density at radius 1 is 1.20 bits per heavy atom. The first-order valence-electron chi connectivity index (χ1n) is 6.28. The summed E-state index contributed by atoms with van der Waals surface area (Å²) in [6.07, 6.45) is 9.51. The molecule has 0 aromatic carbocycles. The van der Waals surface area contributed by atoms with E-state index >= 15 is 0 Å². The molecule has 0 spiro atoms. The van der Waals surface area contributed by atoms with E-state index in [-0.39, 0.29) is 0 Å². The summed E-state index contributed by atoms with van der Waals surface area (Å²) in [4.78, 5) is 0. The Kier molecular flexibility index (Phi) is 6.89. The van der Waals surface area contributed by atoms with Crippen molar-refractivity contribution in [1.82, 2.24) is 0 Å². The number of rotatable bonds is 7. The van der Waals surface area contributed by atoms with E-state index in [1.165, 1.54) is 48.5 Å². The SMILES string of the molecule is CCCCCCC1OCC(CCC)=C1I. The van der Waals surface area contributed by atoms with E-state index in [0.717, 1.165) is 6.61 Å². The van der Waals surface area contributed by atoms with E-state index in [1.54, 1.807) is 5.57 Å². The van der Waals surface area contributed by atoms with Crippen LogP contribution in [0.1, 0.15) is 58.8 Å². The number of hydrogen-bond acceptors (Lipinski definition) is 1. The zero-order valence-corrected chi connectivity index (χ0v) is 12.2. The van der Waals surface area contributed by atoms with Crippen molar-refractivity contribution < 1.29 is 4.74 Å². The van der Waals surface area contributed by atoms with Crippen LogP contribution < -0.4 is 0 Å². The molecule has 0 N–H and O–H groups in total. The average Bonchev–Trinajstić information content (AvgIpc) is 2.57. The van der Waals surface area contributed by atoms with Gasteiger partial charge < -0.3 is 4.74 Å². The molecule has 0 aromatic rings. The highest BCUT2D eigenvalue weighted by Gasteiger charge is 2.22. The molecule has 0 fully saturated rings. The molecule has 0 bridgehead atoms. The van der Waals surface area contributed by atoms with E-state index < -0.39 is 0 Å². The third-order valence-electron chi connectivity index (χ3n) is 2.95. The van der Waals surface area contributed by atoms with Crippen molar-refractivity contribution in [1.29, 1.82) is 0 Å². The van der Waals surface area contributed by atoms with E-state index in [1.807, 2.05) is 0 Å². The highest BCUT2D eigenvalue weighted by Crippen LogP contribution is 2.32. The molecule has 1 rings (SSSR count). The van der Waals surface area contributed by atoms with Gasteiger partial charge in [-0.05, 0) is 41.0 Å². The fraction of sp³-hybridized carbons (Fsp3) is 0.846. The van der Waals surface area contributed by atoms with Crippen molar-refractivity contribution in [3.05, 3.63) is 9.15 Å². The number of halogens is 1. The molecule has 1 aliphatic heterocycles. The molecule has 0 saturated carbocycles. The summed E-state index contributed by atoms with van der Waals surface area (Å²) in [5.74, 6) is 0. The van der Waals surface area contributed by atoms with Gasteiger partial charge in [0.05, 0.1) is 12.7 Å². The van der Waals surface area contributed by atoms with Gasteiger partial charge in [0.15, 0.2) is 0 Å². The van der Waals surface area contributed by atoms with Gasteiger partial charge >= 0.3 is 0 Å². The smallest absolute Gasteiger partial charge is 0.0886 e. The largest absolute Gasteiger partial charge is 0.369 e. The third-order valence-corrected chi connectivity index (χ3v) is 4.41. The maximum Gasteiger partial charge on any atom is 0.0886 e. The van der Waals surface area contributed by atoms with Crippen LogP contribution in [0.15, 0.2) is 9.15 Å². The summed E-state index contributed by atoms with van der Waals surface area (Å²) < 4.78 is 7.33. The normalized spacial score (nSPS) is 21.4. The van der Waals surface area contributed by atoms with E-state index in [2.05, 4.69) is 36.4 Å². The molecule has 0 saturated heterocycles. The molecule has 1 nitrogen and oxygen atoms in total. The summed E-state index contributed by atoms with van der Waals surface area (Å²) in [5.41, 5.74) is 1.55. The van der Waals surface area contributed by atoms with Gasteiger partial charge in [-0.2, -0.15) is 0 Å². The minimum absolute atomic E-state index is 0.434. The zero-order chi connectivity index (χ0) is 11.1. The molecule has 1 unspecified atom stereocenters. The standard InChI is InChI=1S/C13H23IO/c1-3-5-6-7-9-12-13(14)11(8-4-2)10-15-12/h12H,3-10H2,1-2H3. The second kappa shape index (κ2) is 7.66. The summed E-state index contributed by atoms with van der Waals surface area (Å²) in [5, 5.41) is 0. The summed E-state index contributed by atoms with van der Waals surface area (Å²) in [6, 6.07) is 0. The van der Waals surface area contributed by atoms with Gasteiger partial charge in [-0.25, -0.2) is 0 Å². The minimum atomic E-state index is 0.434. The molecule has 0 aromatic heterocycles. The molecular weight excluding hydrogens is 299 g/mol. The molecule has 2 heteroatoms. The molecule has 0 radical (unpaired) electrons. The maximum absolute atomic E-state index is 5.83. The van der Waals surface area contributed by atoms with Crippen LogP contribution >= 0.6 is 22.6 Å². The summed E-state index contributed by atoms with van der Waals surface area (Å²) in [6.45, 7) is 5.39. The first-order valence-corrected chi connectivity index (χ1v) is 7.36. The lowest BCUT2D eigenvalue weighted by Crippen LogP contribution is -2.06. The third kappa shape index (κ3) is 4.43. The van der Waals surface area contributed by atoms with Gasteiger partial charge in [0, 0.05) is 3.58 Å². The lowest BCUT2D eigenvalue weighted by molar-refractivity contribution is 0.115. The number of hydrogen-bond donors (Lipinski definition) is 0. The molecule has 0 aliphatic carbocycles. The second-order valence-electron chi connectivity index (χ2n) is 4.35. The fourth-order valence-electron chi connectivity index (χ4n) is 2.03. The maximum atomic E-state index is 5.83. The van der Waals surface area contributed by atoms with Crippen molar-refractivity contribution in [3.63, 3.8) is 0 Å². The van der Waals surface area contributed by atoms with E-state index in [4.69, 9.17) is 4.74 Å². The highest BCUT2D eigenvalue weighted by atomic mass is 127. The topological polar surface area (TPSA) is 9.23 Å². The average molecular weight is 322 g/mol. The Bertz CT molecular complexity index is 211. The van der Waals surface area contributed by atoms with Crippen LogP contribution in [0.25, 0.3) is 0 Å². The first-order chi connectivity index (χ1) is 7.29. The van der Waals surface area contributed by atoms with Gasteiger partial charge in [-0.15, -0.1) is 0 Å². The lowest BCUT2D eigenvalue weighted by Gasteiger charge is -2.09. The predicted molar refractivity (Wildman–Crippen MR) is 74.5 cm³/mol. The van der Waals surface area contributed by atoms with Crippen molar-refractivity contribution in [2.75, 3.05) is 6.61 Å². The summed E-state index contributed by atoms with van der Waals surface area (Å²) >= 11 is 2.50. The highest BCUT2D eigenvalue weighted by molar-refractivity contribution is 14.1. The quantitative estimate of drug-likeness (QED) is 0.481. The van der Waals surface area contributed by atoms with Crippen molar-refractivity contribution in [3.8, 4) is 0 Å². The molecule has 0 amide bonds. The Hall–Kier alpha value is 0.430. The predicted octanol–water partition coefficient (Wildman–Crippen LogP) is 4.84. The first kappa shape index (κ1) is 13.5. The van der Waals surface area contributed by atoms with Gasteiger partial charge in [0.25, 0.3) is 0 Å². The lowest BCUT2D eigenvalue weighted by atomic mass is 10.1. The molecule has 1 atom stereocenters. The fourth-order valence-corrected chi connectivity index (χ4v) is 2.95. The van der Waals surface area contributed by atoms with Crippen LogP contribution in [0.4, 0.5) is 0 Å². The molecule has 1 heterocycles. The van der Waals surface area contributed by atoms with Crippen molar-refractivity contribution >= 4 is 22.6 Å². The van der Waals surface area contributed by atoms with Crippen LogP contribution in [0.2, 0.25) is 0 Å². The Balaban J connectivity index is 2.26. The second-order valence-corrected chi connectivity index (χ2v) is 5.51. The summed E-state index contributed by atoms with van der Waals surface area (Å²) in [7, 11) is 0. The van der Waals surface area contributed by atoms with Crippen LogP contribution in [-0.4, -0.2) is 12.7 Å². The van der Waals surface area contributed by atoms with Crippen LogP contribution in [0, 0.1) is 0 Å². The van der Waals surface area contributed by atoms with Crippen LogP contribution in [0.5, 0.6) is 0 Å². The van der Waals surface area contributed by atoms with E-state index in [9.17, 15) is 0 Å². The van der Waals surface area contributed by atoms with Crippen LogP contribution in [0.3, 0.4) is 0 Å². The molecule has 15 heavy (non-hydrogen) atoms. The monoisotopic (exact) mass is 322 g/mol. The van der Waals surface area contributed by atoms with Gasteiger partial charge in [0.2, 0.25) is 0 Å². The van der Waals surface area contributed by atoms with Crippen molar-refractivity contribution in [2.45, 2.75) is 64.9 Å². The molecule has 1 aliphatic rings. The van der Waals surface area contributed by atoms with Gasteiger partial charge in [-0.3, -0.25) is 0 Å². The van der Waals surface area contributed by atoms with Gasteiger partial charge in [-0.1, -0.05) is 46.0 Å². The van der Waals surface area contributed by atoms with Gasteiger partial charge in [0.1, 0.15) is 0 Å². The number of unbranched alkanes of at least 4 members (excludes halogenated alkanes) is 3.